The molecule has 2 aromatic carbocycles. The van der Waals surface area contributed by atoms with E-state index in [1.807, 2.05) is 6.92 Å². The average molecular weight is 405 g/mol. The second-order valence-corrected chi connectivity index (χ2v) is 7.09. The second-order valence-electron chi connectivity index (χ2n) is 6.68. The number of ether oxygens (including phenoxy) is 1. The number of rotatable bonds is 8. The summed E-state index contributed by atoms with van der Waals surface area (Å²) in [6, 6.07) is 12.2. The van der Waals surface area contributed by atoms with E-state index in [9.17, 15) is 14.0 Å². The van der Waals surface area contributed by atoms with E-state index in [1.165, 1.54) is 12.1 Å². The number of amides is 3. The first kappa shape index (κ1) is 20.1. The number of nitrogens with one attached hydrogen (secondary N) is 1. The van der Waals surface area contributed by atoms with Gasteiger partial charge in [-0.3, -0.25) is 9.69 Å². The Morgan fingerprint density at radius 3 is 2.54 bits per heavy atom. The summed E-state index contributed by atoms with van der Waals surface area (Å²) in [5.41, 5.74) is -0.597. The highest BCUT2D eigenvalue weighted by Crippen LogP contribution is 2.34. The van der Waals surface area contributed by atoms with Gasteiger partial charge in [-0.25, -0.2) is 9.18 Å². The molecule has 7 heteroatoms. The van der Waals surface area contributed by atoms with Gasteiger partial charge in [-0.15, -0.1) is 0 Å². The van der Waals surface area contributed by atoms with Gasteiger partial charge in [-0.2, -0.15) is 0 Å². The zero-order chi connectivity index (χ0) is 20.1. The zero-order valence-electron chi connectivity index (χ0n) is 15.6. The molecule has 148 valence electrons. The van der Waals surface area contributed by atoms with E-state index >= 15 is 0 Å². The lowest BCUT2D eigenvalue weighted by Gasteiger charge is -2.27. The Bertz CT molecular complexity index is 859. The smallest absolute Gasteiger partial charge is 0.325 e. The van der Waals surface area contributed by atoms with Crippen LogP contribution in [0, 0.1) is 5.82 Å². The number of halogens is 2. The molecule has 0 aromatic heterocycles. The average Bonchev–Trinajstić information content (AvgIpc) is 2.93. The monoisotopic (exact) mass is 404 g/mol. The molecule has 0 radical (unpaired) electrons. The molecule has 1 unspecified atom stereocenters. The summed E-state index contributed by atoms with van der Waals surface area (Å²) in [4.78, 5) is 26.9. The highest BCUT2D eigenvalue weighted by atomic mass is 35.5. The highest BCUT2D eigenvalue weighted by molar-refractivity contribution is 6.32. The topological polar surface area (TPSA) is 58.6 Å². The molecule has 1 fully saturated rings. The summed E-state index contributed by atoms with van der Waals surface area (Å²) in [5, 5.41) is 3.29. The van der Waals surface area contributed by atoms with Gasteiger partial charge >= 0.3 is 6.03 Å². The van der Waals surface area contributed by atoms with E-state index in [4.69, 9.17) is 16.3 Å². The maximum absolute atomic E-state index is 13.4. The minimum atomic E-state index is -1.18. The van der Waals surface area contributed by atoms with Crippen LogP contribution in [-0.2, 0) is 10.3 Å². The van der Waals surface area contributed by atoms with E-state index in [2.05, 4.69) is 5.32 Å². The number of carbonyl (C=O) groups is 2. The second kappa shape index (κ2) is 8.61. The standard InChI is InChI=1S/C21H22ClFN2O3/c1-2-3-12-21(15-8-10-16(23)11-9-15)19(26)25(20(27)24-21)13-14-28-18-7-5-4-6-17(18)22/h4-11H,2-3,12-14H2,1H3,(H,24,27). The summed E-state index contributed by atoms with van der Waals surface area (Å²) < 4.78 is 19.0. The maximum atomic E-state index is 13.4. The number of carbonyl (C=O) groups excluding carboxylic acids is 2. The molecule has 1 saturated heterocycles. The number of para-hydroxylation sites is 1. The number of benzene rings is 2. The molecular formula is C21H22ClFN2O3. The van der Waals surface area contributed by atoms with E-state index in [1.54, 1.807) is 36.4 Å². The Kier molecular flexibility index (Phi) is 6.19. The molecule has 0 bridgehead atoms. The van der Waals surface area contributed by atoms with Gasteiger partial charge in [-0.1, -0.05) is 55.6 Å². The van der Waals surface area contributed by atoms with Crippen LogP contribution in [0.25, 0.3) is 0 Å². The van der Waals surface area contributed by atoms with Gasteiger partial charge in [0.15, 0.2) is 0 Å². The predicted octanol–water partition coefficient (Wildman–Crippen LogP) is 4.50. The number of unbranched alkanes of at least 4 members (excludes halogenated alkanes) is 1. The fourth-order valence-electron chi connectivity index (χ4n) is 3.32. The van der Waals surface area contributed by atoms with Gasteiger partial charge in [0.05, 0.1) is 11.6 Å². The molecule has 1 atom stereocenters. The van der Waals surface area contributed by atoms with E-state index < -0.39 is 17.4 Å². The van der Waals surface area contributed by atoms with Crippen molar-refractivity contribution in [3.63, 3.8) is 0 Å². The third kappa shape index (κ3) is 3.97. The van der Waals surface area contributed by atoms with Crippen LogP contribution < -0.4 is 10.1 Å². The minimum absolute atomic E-state index is 0.0883. The number of nitrogens with zero attached hydrogens (tertiary/aromatic N) is 1. The summed E-state index contributed by atoms with van der Waals surface area (Å²) >= 11 is 6.06. The van der Waals surface area contributed by atoms with E-state index in [-0.39, 0.29) is 19.1 Å². The molecule has 0 aliphatic carbocycles. The largest absolute Gasteiger partial charge is 0.490 e. The summed E-state index contributed by atoms with van der Waals surface area (Å²) in [6.07, 6.45) is 2.05. The van der Waals surface area contributed by atoms with Crippen LogP contribution in [0.2, 0.25) is 5.02 Å². The summed E-state index contributed by atoms with van der Waals surface area (Å²) in [7, 11) is 0. The number of urea groups is 1. The number of hydrogen-bond donors (Lipinski definition) is 1. The molecule has 1 aliphatic heterocycles. The van der Waals surface area contributed by atoms with Crippen molar-refractivity contribution in [2.24, 2.45) is 0 Å². The predicted molar refractivity (Wildman–Crippen MR) is 105 cm³/mol. The Labute approximate surface area is 168 Å². The van der Waals surface area contributed by atoms with Crippen molar-refractivity contribution in [3.05, 3.63) is 64.9 Å². The van der Waals surface area contributed by atoms with Crippen LogP contribution in [-0.4, -0.2) is 30.0 Å². The lowest BCUT2D eigenvalue weighted by molar-refractivity contribution is -0.132. The molecule has 0 saturated carbocycles. The van der Waals surface area contributed by atoms with E-state index in [0.29, 0.717) is 22.8 Å². The van der Waals surface area contributed by atoms with Gasteiger partial charge in [0.1, 0.15) is 23.7 Å². The van der Waals surface area contributed by atoms with Crippen molar-refractivity contribution >= 4 is 23.5 Å². The molecule has 28 heavy (non-hydrogen) atoms. The third-order valence-electron chi connectivity index (χ3n) is 4.83. The van der Waals surface area contributed by atoms with Crippen molar-refractivity contribution in [2.45, 2.75) is 31.7 Å². The molecule has 0 spiro atoms. The van der Waals surface area contributed by atoms with Crippen molar-refractivity contribution in [1.82, 2.24) is 10.2 Å². The van der Waals surface area contributed by atoms with Gasteiger partial charge in [0.2, 0.25) is 0 Å². The molecule has 2 aromatic rings. The van der Waals surface area contributed by atoms with Crippen LogP contribution in [0.4, 0.5) is 9.18 Å². The van der Waals surface area contributed by atoms with Crippen LogP contribution in [0.1, 0.15) is 31.7 Å². The van der Waals surface area contributed by atoms with Crippen LogP contribution in [0.15, 0.2) is 48.5 Å². The molecule has 3 amide bonds. The first-order valence-corrected chi connectivity index (χ1v) is 9.63. The molecule has 1 heterocycles. The molecule has 1 aliphatic rings. The Balaban J connectivity index is 1.77. The Morgan fingerprint density at radius 2 is 1.86 bits per heavy atom. The van der Waals surface area contributed by atoms with Crippen molar-refractivity contribution in [1.29, 1.82) is 0 Å². The van der Waals surface area contributed by atoms with Gasteiger partial charge < -0.3 is 10.1 Å². The fourth-order valence-corrected chi connectivity index (χ4v) is 3.51. The van der Waals surface area contributed by atoms with Crippen molar-refractivity contribution < 1.29 is 18.7 Å². The van der Waals surface area contributed by atoms with Gasteiger partial charge in [-0.05, 0) is 36.2 Å². The normalized spacial score (nSPS) is 19.0. The summed E-state index contributed by atoms with van der Waals surface area (Å²) in [5.74, 6) is -0.247. The number of hydrogen-bond acceptors (Lipinski definition) is 3. The van der Waals surface area contributed by atoms with Crippen LogP contribution >= 0.6 is 11.6 Å². The van der Waals surface area contributed by atoms with E-state index in [0.717, 1.165) is 17.7 Å². The number of imide groups is 1. The van der Waals surface area contributed by atoms with Crippen LogP contribution in [0.5, 0.6) is 5.75 Å². The Hall–Kier alpha value is -2.60. The molecule has 5 nitrogen and oxygen atoms in total. The first-order valence-electron chi connectivity index (χ1n) is 9.25. The SMILES string of the molecule is CCCCC1(c2ccc(F)cc2)NC(=O)N(CCOc2ccccc2Cl)C1=O. The van der Waals surface area contributed by atoms with Gasteiger partial charge in [0.25, 0.3) is 5.91 Å². The third-order valence-corrected chi connectivity index (χ3v) is 5.14. The zero-order valence-corrected chi connectivity index (χ0v) is 16.3. The van der Waals surface area contributed by atoms with Crippen LogP contribution in [0.3, 0.4) is 0 Å². The molecule has 3 rings (SSSR count). The van der Waals surface area contributed by atoms with Gasteiger partial charge in [0, 0.05) is 0 Å². The highest BCUT2D eigenvalue weighted by Gasteiger charge is 2.51. The minimum Gasteiger partial charge on any atom is -0.490 e. The quantitative estimate of drug-likeness (QED) is 0.659. The first-order chi connectivity index (χ1) is 13.5. The lowest BCUT2D eigenvalue weighted by Crippen LogP contribution is -2.44. The maximum Gasteiger partial charge on any atom is 0.325 e. The molecular weight excluding hydrogens is 383 g/mol. The lowest BCUT2D eigenvalue weighted by atomic mass is 9.85. The fraction of sp³-hybridized carbons (Fsp3) is 0.333. The van der Waals surface area contributed by atoms with Crippen molar-refractivity contribution in [2.75, 3.05) is 13.2 Å². The summed E-state index contributed by atoms with van der Waals surface area (Å²) in [6.45, 7) is 2.22. The van der Waals surface area contributed by atoms with Crippen molar-refractivity contribution in [3.8, 4) is 5.75 Å². The molecule has 1 N–H and O–H groups in total. The Morgan fingerprint density at radius 1 is 1.14 bits per heavy atom.